The van der Waals surface area contributed by atoms with Crippen molar-refractivity contribution in [2.24, 2.45) is 0 Å². The summed E-state index contributed by atoms with van der Waals surface area (Å²) in [7, 11) is 0. The van der Waals surface area contributed by atoms with Crippen molar-refractivity contribution in [1.29, 1.82) is 5.26 Å². The average molecular weight is 209 g/mol. The predicted molar refractivity (Wildman–Crippen MR) is 62.9 cm³/mol. The fourth-order valence-corrected chi connectivity index (χ4v) is 1.38. The van der Waals surface area contributed by atoms with Crippen LogP contribution in [0.4, 0.5) is 0 Å². The first-order valence-electron chi connectivity index (χ1n) is 5.05. The molecule has 1 aromatic rings. The topological polar surface area (TPSA) is 44.0 Å². The van der Waals surface area contributed by atoms with Crippen molar-refractivity contribution in [2.45, 2.75) is 6.42 Å². The maximum absolute atomic E-state index is 8.84. The highest BCUT2D eigenvalue weighted by molar-refractivity contribution is 5.80. The summed E-state index contributed by atoms with van der Waals surface area (Å²) in [6.45, 7) is 0. The first-order valence-corrected chi connectivity index (χ1v) is 5.05. The van der Waals surface area contributed by atoms with Gasteiger partial charge in [0, 0.05) is 0 Å². The Morgan fingerprint density at radius 1 is 1.00 bits per heavy atom. The minimum absolute atomic E-state index is 0.238. The number of rotatable bonds is 1. The Kier molecular flexibility index (Phi) is 2.88. The van der Waals surface area contributed by atoms with Crippen LogP contribution in [0.15, 0.2) is 48.5 Å². The molecule has 0 spiro atoms. The van der Waals surface area contributed by atoms with Crippen molar-refractivity contribution in [3.8, 4) is 22.9 Å². The van der Waals surface area contributed by atoms with Gasteiger partial charge in [-0.3, -0.25) is 0 Å². The average Bonchev–Trinajstić information content (AvgIpc) is 2.90. The lowest BCUT2D eigenvalue weighted by atomic mass is 10.2. The molecule has 0 amide bonds. The van der Waals surface area contributed by atoms with Crippen molar-refractivity contribution >= 4 is 0 Å². The highest BCUT2D eigenvalue weighted by Gasteiger charge is 2.06. The zero-order valence-corrected chi connectivity index (χ0v) is 8.72. The third-order valence-corrected chi connectivity index (χ3v) is 2.33. The number of hydrogen-bond donors (Lipinski definition) is 1. The van der Waals surface area contributed by atoms with E-state index in [1.165, 1.54) is 11.1 Å². The highest BCUT2D eigenvalue weighted by Crippen LogP contribution is 2.32. The minimum Gasteiger partial charge on any atom is -0.508 e. The quantitative estimate of drug-likeness (QED) is 0.669. The molecule has 0 bridgehead atoms. The Hall–Kier alpha value is -2.27. The van der Waals surface area contributed by atoms with Gasteiger partial charge in [-0.05, 0) is 34.9 Å². The summed E-state index contributed by atoms with van der Waals surface area (Å²) in [4.78, 5) is 0. The van der Waals surface area contributed by atoms with Gasteiger partial charge in [0.05, 0.1) is 12.5 Å². The summed E-state index contributed by atoms with van der Waals surface area (Å²) in [6, 6.07) is 17.1. The van der Waals surface area contributed by atoms with Gasteiger partial charge in [-0.1, -0.05) is 30.3 Å². The van der Waals surface area contributed by atoms with Gasteiger partial charge >= 0.3 is 0 Å². The van der Waals surface area contributed by atoms with Crippen molar-refractivity contribution in [3.63, 3.8) is 0 Å². The van der Waals surface area contributed by atoms with Crippen LogP contribution in [0.2, 0.25) is 0 Å². The number of phenols is 1. The van der Waals surface area contributed by atoms with E-state index in [9.17, 15) is 0 Å². The third kappa shape index (κ3) is 2.61. The molecule has 0 saturated heterocycles. The van der Waals surface area contributed by atoms with E-state index < -0.39 is 0 Å². The molecule has 0 saturated carbocycles. The molecule has 2 heteroatoms. The number of fused-ring (bicyclic) bond motifs is 1. The van der Waals surface area contributed by atoms with Gasteiger partial charge in [-0.15, -0.1) is 0 Å². The summed E-state index contributed by atoms with van der Waals surface area (Å²) in [6.07, 6.45) is 0.403. The second-order valence-corrected chi connectivity index (χ2v) is 3.58. The summed E-state index contributed by atoms with van der Waals surface area (Å²) in [5, 5.41) is 17.1. The van der Waals surface area contributed by atoms with E-state index in [2.05, 4.69) is 24.3 Å². The first-order chi connectivity index (χ1) is 7.79. The molecule has 78 valence electrons. The van der Waals surface area contributed by atoms with Gasteiger partial charge in [0.15, 0.2) is 0 Å². The Morgan fingerprint density at radius 3 is 2.00 bits per heavy atom. The van der Waals surface area contributed by atoms with Crippen LogP contribution >= 0.6 is 0 Å². The lowest BCUT2D eigenvalue weighted by molar-refractivity contribution is 0.475. The molecule has 0 heterocycles. The minimum atomic E-state index is 0.238. The first kappa shape index (κ1) is 10.3. The molecule has 0 atom stereocenters. The van der Waals surface area contributed by atoms with Crippen molar-refractivity contribution < 1.29 is 5.11 Å². The number of hydrogen-bond acceptors (Lipinski definition) is 2. The van der Waals surface area contributed by atoms with Crippen LogP contribution in [-0.2, 0) is 6.42 Å². The van der Waals surface area contributed by atoms with Crippen molar-refractivity contribution in [1.82, 2.24) is 0 Å². The van der Waals surface area contributed by atoms with Crippen LogP contribution in [0.25, 0.3) is 11.1 Å². The maximum Gasteiger partial charge on any atom is 0.115 e. The van der Waals surface area contributed by atoms with E-state index in [4.69, 9.17) is 10.4 Å². The monoisotopic (exact) mass is 209 g/mol. The van der Waals surface area contributed by atoms with Gasteiger partial charge in [0.2, 0.25) is 0 Å². The number of nitriles is 1. The van der Waals surface area contributed by atoms with E-state index in [1.807, 2.05) is 6.07 Å². The second kappa shape index (κ2) is 4.50. The molecule has 0 aromatic heterocycles. The molecule has 2 aliphatic carbocycles. The Morgan fingerprint density at radius 2 is 1.62 bits per heavy atom. The van der Waals surface area contributed by atoms with Gasteiger partial charge in [0.25, 0.3) is 0 Å². The fourth-order valence-electron chi connectivity index (χ4n) is 1.38. The maximum atomic E-state index is 8.84. The molecule has 0 fully saturated rings. The van der Waals surface area contributed by atoms with Crippen LogP contribution in [0.1, 0.15) is 5.56 Å². The van der Waals surface area contributed by atoms with E-state index in [0.29, 0.717) is 6.42 Å². The lowest BCUT2D eigenvalue weighted by Gasteiger charge is -1.92. The third-order valence-electron chi connectivity index (χ3n) is 2.33. The summed E-state index contributed by atoms with van der Waals surface area (Å²) in [5.41, 5.74) is 3.78. The number of benzene rings is 2. The molecule has 0 aliphatic heterocycles. The fraction of sp³-hybridized carbons (Fsp3) is 0.0714. The van der Waals surface area contributed by atoms with Gasteiger partial charge < -0.3 is 5.11 Å². The molecular formula is C14H11NO. The Balaban J connectivity index is 0.000000134. The molecule has 2 aliphatic rings. The van der Waals surface area contributed by atoms with Crippen molar-refractivity contribution in [2.75, 3.05) is 0 Å². The number of nitrogens with zero attached hydrogens (tertiary/aromatic N) is 1. The van der Waals surface area contributed by atoms with Gasteiger partial charge in [-0.2, -0.15) is 5.26 Å². The van der Waals surface area contributed by atoms with Gasteiger partial charge in [0.1, 0.15) is 5.75 Å². The molecule has 2 nitrogen and oxygen atoms in total. The summed E-state index contributed by atoms with van der Waals surface area (Å²) < 4.78 is 0. The molecule has 1 aromatic carbocycles. The van der Waals surface area contributed by atoms with E-state index in [1.54, 1.807) is 24.3 Å². The lowest BCUT2D eigenvalue weighted by Crippen LogP contribution is -1.77. The zero-order chi connectivity index (χ0) is 11.4. The van der Waals surface area contributed by atoms with E-state index in [-0.39, 0.29) is 5.75 Å². The van der Waals surface area contributed by atoms with Crippen LogP contribution < -0.4 is 0 Å². The SMILES string of the molecule is N#CCc1ccc(O)cc1.c1cc2cc-2c1. The highest BCUT2D eigenvalue weighted by atomic mass is 16.3. The standard InChI is InChI=1S/C8H7NO.C6H4/c9-6-5-7-1-3-8(10)4-2-7;1-2-5-4-6(5)3-1/h1-4,10H,5H2;1-4H. The molecule has 0 radical (unpaired) electrons. The van der Waals surface area contributed by atoms with Crippen LogP contribution in [0, 0.1) is 11.3 Å². The largest absolute Gasteiger partial charge is 0.508 e. The van der Waals surface area contributed by atoms with Gasteiger partial charge in [-0.25, -0.2) is 0 Å². The molecule has 1 N–H and O–H groups in total. The van der Waals surface area contributed by atoms with Crippen molar-refractivity contribution in [3.05, 3.63) is 54.1 Å². The zero-order valence-electron chi connectivity index (χ0n) is 8.72. The Labute approximate surface area is 94.4 Å². The molecule has 3 rings (SSSR count). The summed E-state index contributed by atoms with van der Waals surface area (Å²) >= 11 is 0. The molecule has 16 heavy (non-hydrogen) atoms. The number of phenolic OH excluding ortho intramolecular Hbond substituents is 1. The van der Waals surface area contributed by atoms with Crippen LogP contribution in [0.5, 0.6) is 5.75 Å². The summed E-state index contributed by atoms with van der Waals surface area (Å²) in [5.74, 6) is 0.238. The predicted octanol–water partition coefficient (Wildman–Crippen LogP) is 3.13. The second-order valence-electron chi connectivity index (χ2n) is 3.58. The molecule has 0 unspecified atom stereocenters. The van der Waals surface area contributed by atoms with Crippen LogP contribution in [0.3, 0.4) is 0 Å². The number of aromatic hydroxyl groups is 1. The smallest absolute Gasteiger partial charge is 0.115 e. The van der Waals surface area contributed by atoms with Crippen LogP contribution in [-0.4, -0.2) is 5.11 Å². The van der Waals surface area contributed by atoms with E-state index >= 15 is 0 Å². The Bertz CT molecular complexity index is 506. The normalized spacial score (nSPS) is 9.69. The molecular weight excluding hydrogens is 198 g/mol. The van der Waals surface area contributed by atoms with E-state index in [0.717, 1.165) is 5.56 Å².